The standard InChI is InChI=1S/C18H36N2/c1-14-8-10-20(11-9-14)13-15-12-16(18(2,3)4)6-7-17(15)19-5/h14-17,19H,6-13H2,1-5H3. The van der Waals surface area contributed by atoms with Gasteiger partial charge in [0.1, 0.15) is 0 Å². The highest BCUT2D eigenvalue weighted by Crippen LogP contribution is 2.40. The highest BCUT2D eigenvalue weighted by atomic mass is 15.1. The Morgan fingerprint density at radius 3 is 2.25 bits per heavy atom. The van der Waals surface area contributed by atoms with Crippen molar-refractivity contribution < 1.29 is 0 Å². The molecular weight excluding hydrogens is 244 g/mol. The number of nitrogens with zero attached hydrogens (tertiary/aromatic N) is 1. The van der Waals surface area contributed by atoms with Crippen molar-refractivity contribution >= 4 is 0 Å². The minimum absolute atomic E-state index is 0.480. The first-order valence-electron chi connectivity index (χ1n) is 8.79. The van der Waals surface area contributed by atoms with E-state index in [1.807, 2.05) is 0 Å². The van der Waals surface area contributed by atoms with Crippen LogP contribution in [0.3, 0.4) is 0 Å². The number of nitrogens with one attached hydrogen (secondary N) is 1. The molecule has 2 aliphatic rings. The lowest BCUT2D eigenvalue weighted by Crippen LogP contribution is -2.47. The van der Waals surface area contributed by atoms with Crippen LogP contribution in [0.5, 0.6) is 0 Å². The maximum Gasteiger partial charge on any atom is 0.0105 e. The van der Waals surface area contributed by atoms with Crippen LogP contribution in [0.25, 0.3) is 0 Å². The quantitative estimate of drug-likeness (QED) is 0.846. The van der Waals surface area contributed by atoms with Crippen LogP contribution in [0.15, 0.2) is 0 Å². The van der Waals surface area contributed by atoms with Crippen molar-refractivity contribution in [3.8, 4) is 0 Å². The Balaban J connectivity index is 1.91. The summed E-state index contributed by atoms with van der Waals surface area (Å²) in [4.78, 5) is 2.74. The SMILES string of the molecule is CNC1CCC(C(C)(C)C)CC1CN1CCC(C)CC1. The van der Waals surface area contributed by atoms with Crippen molar-refractivity contribution in [1.82, 2.24) is 10.2 Å². The molecule has 118 valence electrons. The van der Waals surface area contributed by atoms with E-state index in [2.05, 4.69) is 45.0 Å². The Morgan fingerprint density at radius 2 is 1.70 bits per heavy atom. The van der Waals surface area contributed by atoms with Gasteiger partial charge in [-0.15, -0.1) is 0 Å². The molecule has 2 rings (SSSR count). The van der Waals surface area contributed by atoms with Gasteiger partial charge >= 0.3 is 0 Å². The zero-order valence-electron chi connectivity index (χ0n) is 14.4. The highest BCUT2D eigenvalue weighted by molar-refractivity contribution is 4.90. The van der Waals surface area contributed by atoms with Crippen LogP contribution in [-0.2, 0) is 0 Å². The Kier molecular flexibility index (Phi) is 5.53. The number of likely N-dealkylation sites (tertiary alicyclic amines) is 1. The van der Waals surface area contributed by atoms with Crippen LogP contribution in [0.1, 0.15) is 59.8 Å². The van der Waals surface area contributed by atoms with Gasteiger partial charge in [-0.3, -0.25) is 0 Å². The van der Waals surface area contributed by atoms with E-state index in [0.717, 1.165) is 23.8 Å². The summed E-state index contributed by atoms with van der Waals surface area (Å²) in [6.07, 6.45) is 7.00. The molecule has 3 atom stereocenters. The largest absolute Gasteiger partial charge is 0.317 e. The summed E-state index contributed by atoms with van der Waals surface area (Å²) in [6.45, 7) is 13.7. The summed E-state index contributed by atoms with van der Waals surface area (Å²) in [5, 5.41) is 3.60. The van der Waals surface area contributed by atoms with Gasteiger partial charge in [0.2, 0.25) is 0 Å². The lowest BCUT2D eigenvalue weighted by molar-refractivity contribution is 0.0783. The number of rotatable bonds is 3. The molecule has 0 amide bonds. The van der Waals surface area contributed by atoms with Crippen LogP contribution in [0, 0.1) is 23.2 Å². The monoisotopic (exact) mass is 280 g/mol. The predicted molar refractivity (Wildman–Crippen MR) is 88.0 cm³/mol. The smallest absolute Gasteiger partial charge is 0.0105 e. The zero-order valence-corrected chi connectivity index (χ0v) is 14.4. The third-order valence-corrected chi connectivity index (χ3v) is 5.95. The first-order valence-corrected chi connectivity index (χ1v) is 8.79. The van der Waals surface area contributed by atoms with E-state index in [9.17, 15) is 0 Å². The molecule has 1 aliphatic heterocycles. The minimum atomic E-state index is 0.480. The van der Waals surface area contributed by atoms with Crippen molar-refractivity contribution in [3.63, 3.8) is 0 Å². The van der Waals surface area contributed by atoms with Gasteiger partial charge in [-0.25, -0.2) is 0 Å². The fourth-order valence-electron chi connectivity index (χ4n) is 4.21. The van der Waals surface area contributed by atoms with Gasteiger partial charge in [-0.1, -0.05) is 27.7 Å². The van der Waals surface area contributed by atoms with Crippen molar-refractivity contribution in [1.29, 1.82) is 0 Å². The normalized spacial score (nSPS) is 34.4. The summed E-state index contributed by atoms with van der Waals surface area (Å²) in [5.74, 6) is 2.70. The van der Waals surface area contributed by atoms with Gasteiger partial charge in [0.05, 0.1) is 0 Å². The van der Waals surface area contributed by atoms with Gasteiger partial charge in [-0.05, 0) is 75.4 Å². The van der Waals surface area contributed by atoms with E-state index in [4.69, 9.17) is 0 Å². The number of hydrogen-bond acceptors (Lipinski definition) is 2. The molecule has 20 heavy (non-hydrogen) atoms. The first kappa shape index (κ1) is 16.3. The average molecular weight is 280 g/mol. The summed E-state index contributed by atoms with van der Waals surface area (Å²) in [7, 11) is 2.16. The van der Waals surface area contributed by atoms with E-state index in [1.54, 1.807) is 0 Å². The van der Waals surface area contributed by atoms with Crippen molar-refractivity contribution in [3.05, 3.63) is 0 Å². The second-order valence-corrected chi connectivity index (χ2v) is 8.51. The molecule has 3 unspecified atom stereocenters. The van der Waals surface area contributed by atoms with Crippen LogP contribution in [0.4, 0.5) is 0 Å². The van der Waals surface area contributed by atoms with E-state index >= 15 is 0 Å². The maximum absolute atomic E-state index is 3.60. The Morgan fingerprint density at radius 1 is 1.05 bits per heavy atom. The molecule has 0 aromatic heterocycles. The van der Waals surface area contributed by atoms with E-state index in [0.29, 0.717) is 5.41 Å². The summed E-state index contributed by atoms with van der Waals surface area (Å²) >= 11 is 0. The van der Waals surface area contributed by atoms with Gasteiger partial charge in [0.25, 0.3) is 0 Å². The van der Waals surface area contributed by atoms with Crippen LogP contribution in [0.2, 0.25) is 0 Å². The molecule has 2 nitrogen and oxygen atoms in total. The van der Waals surface area contributed by atoms with Crippen LogP contribution < -0.4 is 5.32 Å². The zero-order chi connectivity index (χ0) is 14.8. The molecular formula is C18H36N2. The van der Waals surface area contributed by atoms with Gasteiger partial charge in [0, 0.05) is 12.6 Å². The molecule has 2 heteroatoms. The lowest BCUT2D eigenvalue weighted by atomic mass is 9.67. The fraction of sp³-hybridized carbons (Fsp3) is 1.00. The Labute approximate surface area is 126 Å². The number of piperidine rings is 1. The minimum Gasteiger partial charge on any atom is -0.317 e. The molecule has 1 N–H and O–H groups in total. The molecule has 1 saturated heterocycles. The van der Waals surface area contributed by atoms with Crippen molar-refractivity contribution in [2.75, 3.05) is 26.7 Å². The third kappa shape index (κ3) is 4.21. The maximum atomic E-state index is 3.60. The van der Waals surface area contributed by atoms with Crippen molar-refractivity contribution in [2.45, 2.75) is 65.8 Å². The molecule has 0 radical (unpaired) electrons. The summed E-state index contributed by atoms with van der Waals surface area (Å²) < 4.78 is 0. The first-order chi connectivity index (χ1) is 9.40. The third-order valence-electron chi connectivity index (χ3n) is 5.95. The van der Waals surface area contributed by atoms with Crippen LogP contribution in [-0.4, -0.2) is 37.6 Å². The lowest BCUT2D eigenvalue weighted by Gasteiger charge is -2.44. The molecule has 0 bridgehead atoms. The molecule has 0 aromatic carbocycles. The van der Waals surface area contributed by atoms with E-state index < -0.39 is 0 Å². The van der Waals surface area contributed by atoms with E-state index in [1.165, 1.54) is 51.7 Å². The van der Waals surface area contributed by atoms with Gasteiger partial charge in [0.15, 0.2) is 0 Å². The molecule has 1 aliphatic carbocycles. The Bertz CT molecular complexity index is 286. The molecule has 0 aromatic rings. The Hall–Kier alpha value is -0.0800. The fourth-order valence-corrected chi connectivity index (χ4v) is 4.21. The molecule has 0 spiro atoms. The van der Waals surface area contributed by atoms with Gasteiger partial charge < -0.3 is 10.2 Å². The second kappa shape index (κ2) is 6.79. The second-order valence-electron chi connectivity index (χ2n) is 8.51. The topological polar surface area (TPSA) is 15.3 Å². The highest BCUT2D eigenvalue weighted by Gasteiger charge is 2.36. The van der Waals surface area contributed by atoms with Crippen molar-refractivity contribution in [2.24, 2.45) is 23.2 Å². The van der Waals surface area contributed by atoms with Gasteiger partial charge in [-0.2, -0.15) is 0 Å². The predicted octanol–water partition coefficient (Wildman–Crippen LogP) is 3.77. The molecule has 2 fully saturated rings. The summed E-state index contributed by atoms with van der Waals surface area (Å²) in [5.41, 5.74) is 0.480. The van der Waals surface area contributed by atoms with Crippen LogP contribution >= 0.6 is 0 Å². The summed E-state index contributed by atoms with van der Waals surface area (Å²) in [6, 6.07) is 0.743. The molecule has 1 saturated carbocycles. The van der Waals surface area contributed by atoms with E-state index in [-0.39, 0.29) is 0 Å². The number of hydrogen-bond donors (Lipinski definition) is 1. The average Bonchev–Trinajstić information content (AvgIpc) is 2.40. The molecule has 1 heterocycles.